The second-order valence-electron chi connectivity index (χ2n) is 14.0. The van der Waals surface area contributed by atoms with Gasteiger partial charge in [-0.15, -0.1) is 0 Å². The number of rotatable bonds is 5. The third kappa shape index (κ3) is 4.67. The van der Waals surface area contributed by atoms with E-state index in [1.54, 1.807) is 0 Å². The Morgan fingerprint density at radius 3 is 1.57 bits per heavy atom. The predicted molar refractivity (Wildman–Crippen MR) is 229 cm³/mol. The van der Waals surface area contributed by atoms with Crippen molar-refractivity contribution in [2.75, 3.05) is 4.90 Å². The van der Waals surface area contributed by atoms with E-state index >= 15 is 0 Å². The molecule has 0 fully saturated rings. The molecule has 0 saturated heterocycles. The standard InChI is InChI=1S/C52H33NO/c1-2-16-34(17-3-1)50-44-27-10-7-23-40(44)41-24-8-11-28-45(41)51(50)36-19-14-20-37(32-36)53(47-30-15-29-46-43-26-12-13-31-49(43)54-52(46)47)48-33-35-18-4-5-21-38(35)39-22-6-9-25-42(39)48/h1-33H. The first-order valence-electron chi connectivity index (χ1n) is 18.5. The van der Waals surface area contributed by atoms with Crippen LogP contribution in [-0.2, 0) is 0 Å². The van der Waals surface area contributed by atoms with E-state index in [-0.39, 0.29) is 0 Å². The fourth-order valence-electron chi connectivity index (χ4n) is 8.68. The second-order valence-corrected chi connectivity index (χ2v) is 14.0. The van der Waals surface area contributed by atoms with E-state index < -0.39 is 0 Å². The molecule has 0 N–H and O–H groups in total. The maximum absolute atomic E-state index is 6.76. The van der Waals surface area contributed by atoms with Gasteiger partial charge >= 0.3 is 0 Å². The van der Waals surface area contributed by atoms with Crippen molar-refractivity contribution < 1.29 is 4.42 Å². The van der Waals surface area contributed by atoms with Crippen molar-refractivity contribution in [1.82, 2.24) is 0 Å². The van der Waals surface area contributed by atoms with Crippen molar-refractivity contribution >= 4 is 82.1 Å². The number of anilines is 3. The van der Waals surface area contributed by atoms with Gasteiger partial charge in [0.05, 0.1) is 11.4 Å². The number of fused-ring (bicyclic) bond motifs is 9. The fraction of sp³-hybridized carbons (Fsp3) is 0. The van der Waals surface area contributed by atoms with E-state index in [0.717, 1.165) is 44.6 Å². The Hall–Kier alpha value is -7.16. The predicted octanol–water partition coefficient (Wildman–Crippen LogP) is 15.0. The number of para-hydroxylation sites is 2. The van der Waals surface area contributed by atoms with Crippen LogP contribution in [0.5, 0.6) is 0 Å². The highest BCUT2D eigenvalue weighted by Gasteiger charge is 2.24. The molecule has 11 aromatic rings. The highest BCUT2D eigenvalue weighted by atomic mass is 16.3. The van der Waals surface area contributed by atoms with Gasteiger partial charge < -0.3 is 9.32 Å². The Balaban J connectivity index is 1.25. The molecule has 1 aromatic heterocycles. The van der Waals surface area contributed by atoms with Crippen molar-refractivity contribution in [3.8, 4) is 22.3 Å². The first-order valence-corrected chi connectivity index (χ1v) is 18.5. The summed E-state index contributed by atoms with van der Waals surface area (Å²) in [6.45, 7) is 0. The van der Waals surface area contributed by atoms with Crippen LogP contribution in [0.15, 0.2) is 205 Å². The zero-order chi connectivity index (χ0) is 35.6. The van der Waals surface area contributed by atoms with Crippen LogP contribution < -0.4 is 4.90 Å². The molecule has 0 bridgehead atoms. The first kappa shape index (κ1) is 30.5. The number of hydrogen-bond donors (Lipinski definition) is 0. The molecular weight excluding hydrogens is 655 g/mol. The normalized spacial score (nSPS) is 11.7. The second kappa shape index (κ2) is 12.2. The van der Waals surface area contributed by atoms with Crippen LogP contribution in [0.1, 0.15) is 0 Å². The van der Waals surface area contributed by atoms with Gasteiger partial charge in [0.15, 0.2) is 5.58 Å². The van der Waals surface area contributed by atoms with Crippen molar-refractivity contribution in [2.45, 2.75) is 0 Å². The zero-order valence-corrected chi connectivity index (χ0v) is 29.4. The molecule has 252 valence electrons. The van der Waals surface area contributed by atoms with Crippen LogP contribution in [0, 0.1) is 0 Å². The SMILES string of the molecule is c1ccc(-c2c(-c3cccc(N(c4cc5ccccc5c5ccccc45)c4cccc5c4oc4ccccc45)c3)c3ccccc3c3ccccc23)cc1. The van der Waals surface area contributed by atoms with Gasteiger partial charge in [-0.2, -0.15) is 0 Å². The molecule has 2 heteroatoms. The summed E-state index contributed by atoms with van der Waals surface area (Å²) in [5.74, 6) is 0. The van der Waals surface area contributed by atoms with E-state index in [9.17, 15) is 0 Å². The monoisotopic (exact) mass is 687 g/mol. The summed E-state index contributed by atoms with van der Waals surface area (Å²) < 4.78 is 6.76. The quantitative estimate of drug-likeness (QED) is 0.168. The molecule has 0 atom stereocenters. The van der Waals surface area contributed by atoms with Crippen molar-refractivity contribution in [3.05, 3.63) is 200 Å². The molecule has 1 heterocycles. The van der Waals surface area contributed by atoms with Crippen LogP contribution in [0.4, 0.5) is 17.1 Å². The van der Waals surface area contributed by atoms with Gasteiger partial charge in [0, 0.05) is 21.8 Å². The molecule has 0 aliphatic heterocycles. The Bertz CT molecular complexity index is 3230. The van der Waals surface area contributed by atoms with Crippen LogP contribution in [-0.4, -0.2) is 0 Å². The summed E-state index contributed by atoms with van der Waals surface area (Å²) in [5, 5.41) is 12.0. The minimum atomic E-state index is 0.863. The molecular formula is C52H33NO. The van der Waals surface area contributed by atoms with Gasteiger partial charge in [0.1, 0.15) is 5.58 Å². The van der Waals surface area contributed by atoms with Crippen LogP contribution in [0.3, 0.4) is 0 Å². The lowest BCUT2D eigenvalue weighted by Gasteiger charge is -2.28. The third-order valence-corrected chi connectivity index (χ3v) is 11.0. The first-order chi connectivity index (χ1) is 26.8. The smallest absolute Gasteiger partial charge is 0.159 e. The van der Waals surface area contributed by atoms with Gasteiger partial charge in [-0.05, 0) is 90.3 Å². The van der Waals surface area contributed by atoms with E-state index in [2.05, 4.69) is 199 Å². The van der Waals surface area contributed by atoms with Gasteiger partial charge in [-0.25, -0.2) is 0 Å². The summed E-state index contributed by atoms with van der Waals surface area (Å²) in [6, 6.07) is 72.3. The lowest BCUT2D eigenvalue weighted by atomic mass is 9.85. The fourth-order valence-corrected chi connectivity index (χ4v) is 8.68. The molecule has 0 amide bonds. The van der Waals surface area contributed by atoms with Crippen molar-refractivity contribution in [2.24, 2.45) is 0 Å². The average Bonchev–Trinajstić information content (AvgIpc) is 3.63. The molecule has 2 nitrogen and oxygen atoms in total. The minimum absolute atomic E-state index is 0.863. The molecule has 0 spiro atoms. The van der Waals surface area contributed by atoms with E-state index in [4.69, 9.17) is 4.42 Å². The van der Waals surface area contributed by atoms with Gasteiger partial charge in [0.25, 0.3) is 0 Å². The number of furan rings is 1. The number of benzene rings is 10. The summed E-state index contributed by atoms with van der Waals surface area (Å²) in [4.78, 5) is 2.41. The van der Waals surface area contributed by atoms with E-state index in [1.165, 1.54) is 59.8 Å². The topological polar surface area (TPSA) is 16.4 Å². The Kier molecular flexibility index (Phi) is 6.90. The van der Waals surface area contributed by atoms with Crippen LogP contribution in [0.25, 0.3) is 87.3 Å². The molecule has 0 unspecified atom stereocenters. The van der Waals surface area contributed by atoms with E-state index in [1.807, 2.05) is 6.07 Å². The van der Waals surface area contributed by atoms with Crippen LogP contribution in [0.2, 0.25) is 0 Å². The molecule has 10 aromatic carbocycles. The molecule has 0 aliphatic carbocycles. The Morgan fingerprint density at radius 1 is 0.315 bits per heavy atom. The highest BCUT2D eigenvalue weighted by molar-refractivity contribution is 6.22. The lowest BCUT2D eigenvalue weighted by Crippen LogP contribution is -2.11. The van der Waals surface area contributed by atoms with Crippen molar-refractivity contribution in [1.29, 1.82) is 0 Å². The van der Waals surface area contributed by atoms with Gasteiger partial charge in [-0.1, -0.05) is 170 Å². The maximum Gasteiger partial charge on any atom is 0.159 e. The molecule has 0 aliphatic rings. The van der Waals surface area contributed by atoms with Gasteiger partial charge in [0.2, 0.25) is 0 Å². The Morgan fingerprint density at radius 2 is 0.833 bits per heavy atom. The van der Waals surface area contributed by atoms with E-state index in [0.29, 0.717) is 0 Å². The lowest BCUT2D eigenvalue weighted by molar-refractivity contribution is 0.669. The minimum Gasteiger partial charge on any atom is -0.454 e. The Labute approximate surface area is 312 Å². The third-order valence-electron chi connectivity index (χ3n) is 11.0. The molecule has 0 saturated carbocycles. The zero-order valence-electron chi connectivity index (χ0n) is 29.4. The number of hydrogen-bond acceptors (Lipinski definition) is 2. The van der Waals surface area contributed by atoms with Crippen molar-refractivity contribution in [3.63, 3.8) is 0 Å². The summed E-state index contributed by atoms with van der Waals surface area (Å²) >= 11 is 0. The molecule has 0 radical (unpaired) electrons. The largest absolute Gasteiger partial charge is 0.454 e. The summed E-state index contributed by atoms with van der Waals surface area (Å²) in [6.07, 6.45) is 0. The maximum atomic E-state index is 6.76. The summed E-state index contributed by atoms with van der Waals surface area (Å²) in [7, 11) is 0. The van der Waals surface area contributed by atoms with Crippen LogP contribution >= 0.6 is 0 Å². The number of nitrogens with zero attached hydrogens (tertiary/aromatic N) is 1. The highest BCUT2D eigenvalue weighted by Crippen LogP contribution is 2.49. The average molecular weight is 688 g/mol. The summed E-state index contributed by atoms with van der Waals surface area (Å²) in [5.41, 5.74) is 9.71. The molecule has 11 rings (SSSR count). The van der Waals surface area contributed by atoms with Gasteiger partial charge in [-0.3, -0.25) is 0 Å². The molecule has 54 heavy (non-hydrogen) atoms.